The molecule has 3 nitrogen and oxygen atoms in total. The second-order valence-electron chi connectivity index (χ2n) is 8.72. The number of rotatable bonds is 5. The second kappa shape index (κ2) is 8.27. The molecule has 0 heterocycles. The summed E-state index contributed by atoms with van der Waals surface area (Å²) in [6.45, 7) is 0.244. The number of hydrogen-bond donors (Lipinski definition) is 0. The Kier molecular flexibility index (Phi) is 5.08. The molecule has 0 bridgehead atoms. The van der Waals surface area contributed by atoms with E-state index in [-0.39, 0.29) is 30.2 Å². The highest BCUT2D eigenvalue weighted by Crippen LogP contribution is 2.45. The summed E-state index contributed by atoms with van der Waals surface area (Å²) in [5.74, 6) is -1.37. The Balaban J connectivity index is 1.35. The molecule has 4 heteroatoms. The van der Waals surface area contributed by atoms with Crippen molar-refractivity contribution < 1.29 is 14.3 Å². The van der Waals surface area contributed by atoms with Gasteiger partial charge in [0.05, 0.1) is 5.88 Å². The first kappa shape index (κ1) is 20.9. The van der Waals surface area contributed by atoms with Gasteiger partial charge in [0.25, 0.3) is 0 Å². The number of carbonyl (C=O) groups excluding carboxylic acids is 2. The van der Waals surface area contributed by atoms with Gasteiger partial charge in [-0.2, -0.15) is 0 Å². The van der Waals surface area contributed by atoms with E-state index in [0.29, 0.717) is 5.57 Å². The van der Waals surface area contributed by atoms with Gasteiger partial charge in [-0.3, -0.25) is 9.59 Å². The van der Waals surface area contributed by atoms with Crippen LogP contribution in [0.25, 0.3) is 27.5 Å². The topological polar surface area (TPSA) is 43.4 Å². The van der Waals surface area contributed by atoms with Gasteiger partial charge in [-0.05, 0) is 44.2 Å². The Bertz CT molecular complexity index is 1450. The highest BCUT2D eigenvalue weighted by Gasteiger charge is 2.33. The van der Waals surface area contributed by atoms with Crippen LogP contribution < -0.4 is 0 Å². The van der Waals surface area contributed by atoms with E-state index in [0.717, 1.165) is 21.9 Å². The summed E-state index contributed by atoms with van der Waals surface area (Å²) in [6.07, 6.45) is 1.72. The third-order valence-electron chi connectivity index (χ3n) is 6.93. The van der Waals surface area contributed by atoms with Gasteiger partial charge in [0, 0.05) is 11.5 Å². The lowest BCUT2D eigenvalue weighted by Gasteiger charge is -2.24. The molecule has 0 saturated heterocycles. The van der Waals surface area contributed by atoms with Crippen molar-refractivity contribution in [2.24, 2.45) is 0 Å². The molecule has 0 fully saturated rings. The number of ether oxygens (including phenoxy) is 1. The van der Waals surface area contributed by atoms with Gasteiger partial charge >= 0.3 is 5.97 Å². The van der Waals surface area contributed by atoms with Crippen LogP contribution in [0.5, 0.6) is 0 Å². The normalized spacial score (nSPS) is 16.0. The minimum absolute atomic E-state index is 0.0176. The van der Waals surface area contributed by atoms with E-state index in [2.05, 4.69) is 24.3 Å². The molecular formula is C30H21ClO3. The summed E-state index contributed by atoms with van der Waals surface area (Å²) in [5.41, 5.74) is 6.87. The van der Waals surface area contributed by atoms with Gasteiger partial charge in [-0.25, -0.2) is 0 Å². The molecule has 0 aromatic heterocycles. The quantitative estimate of drug-likeness (QED) is 0.250. The first-order valence-corrected chi connectivity index (χ1v) is 11.9. The minimum Gasteiger partial charge on any atom is -0.464 e. The van der Waals surface area contributed by atoms with E-state index in [1.807, 2.05) is 60.7 Å². The highest BCUT2D eigenvalue weighted by atomic mass is 35.5. The van der Waals surface area contributed by atoms with E-state index in [4.69, 9.17) is 16.3 Å². The fourth-order valence-electron chi connectivity index (χ4n) is 5.40. The monoisotopic (exact) mass is 464 g/mol. The van der Waals surface area contributed by atoms with Crippen molar-refractivity contribution in [2.75, 3.05) is 12.5 Å². The van der Waals surface area contributed by atoms with Crippen LogP contribution in [-0.2, 0) is 14.3 Å². The van der Waals surface area contributed by atoms with E-state index in [9.17, 15) is 9.59 Å². The van der Waals surface area contributed by atoms with Crippen molar-refractivity contribution in [1.82, 2.24) is 0 Å². The zero-order valence-corrected chi connectivity index (χ0v) is 19.1. The Morgan fingerprint density at radius 3 is 2.00 bits per heavy atom. The third-order valence-corrected chi connectivity index (χ3v) is 7.17. The average Bonchev–Trinajstić information content (AvgIpc) is 3.21. The molecule has 0 spiro atoms. The van der Waals surface area contributed by atoms with Crippen LogP contribution in [-0.4, -0.2) is 24.2 Å². The molecule has 0 saturated carbocycles. The SMILES string of the molecule is O=C(CCl)C1=CC(C(=O)OCC2c3ccccc3-c3ccccc32)c2cccc3cccc1c23. The van der Waals surface area contributed by atoms with Gasteiger partial charge < -0.3 is 4.74 Å². The maximum absolute atomic E-state index is 13.5. The standard InChI is InChI=1S/C30H21ClO3/c31-16-28(32)25-15-26(24-14-6-8-18-7-5-13-23(25)29(18)24)30(33)34-17-27-21-11-3-1-9-19(21)20-10-2-4-12-22(20)27/h1-15,26-27H,16-17H2. The Morgan fingerprint density at radius 1 is 0.735 bits per heavy atom. The fourth-order valence-corrected chi connectivity index (χ4v) is 5.55. The number of allylic oxidation sites excluding steroid dienone is 1. The van der Waals surface area contributed by atoms with Crippen molar-refractivity contribution in [1.29, 1.82) is 0 Å². The van der Waals surface area contributed by atoms with Crippen LogP contribution in [0.1, 0.15) is 34.1 Å². The van der Waals surface area contributed by atoms with Gasteiger partial charge in [-0.15, -0.1) is 11.6 Å². The lowest BCUT2D eigenvalue weighted by molar-refractivity contribution is -0.144. The van der Waals surface area contributed by atoms with Crippen LogP contribution in [0, 0.1) is 0 Å². The van der Waals surface area contributed by atoms with E-state index < -0.39 is 5.92 Å². The largest absolute Gasteiger partial charge is 0.464 e. The van der Waals surface area contributed by atoms with E-state index in [1.165, 1.54) is 22.3 Å². The number of fused-ring (bicyclic) bond motifs is 3. The van der Waals surface area contributed by atoms with Crippen molar-refractivity contribution in [2.45, 2.75) is 11.8 Å². The summed E-state index contributed by atoms with van der Waals surface area (Å²) < 4.78 is 5.96. The molecule has 4 aromatic rings. The van der Waals surface area contributed by atoms with Crippen LogP contribution >= 0.6 is 11.6 Å². The van der Waals surface area contributed by atoms with Gasteiger partial charge in [-0.1, -0.05) is 91.0 Å². The summed E-state index contributed by atoms with van der Waals surface area (Å²) in [4.78, 5) is 26.1. The Hall–Kier alpha value is -3.69. The lowest BCUT2D eigenvalue weighted by atomic mass is 9.81. The number of Topliss-reactive ketones (excluding diaryl/α,β-unsaturated/α-hetero) is 1. The molecular weight excluding hydrogens is 444 g/mol. The number of esters is 1. The van der Waals surface area contributed by atoms with E-state index >= 15 is 0 Å². The highest BCUT2D eigenvalue weighted by molar-refractivity contribution is 6.39. The smallest absolute Gasteiger partial charge is 0.317 e. The molecule has 0 N–H and O–H groups in total. The molecule has 34 heavy (non-hydrogen) atoms. The summed E-state index contributed by atoms with van der Waals surface area (Å²) >= 11 is 5.91. The predicted octanol–water partition coefficient (Wildman–Crippen LogP) is 6.48. The Labute approximate surface area is 202 Å². The molecule has 2 aliphatic rings. The number of ketones is 1. The number of hydrogen-bond acceptors (Lipinski definition) is 3. The zero-order chi connectivity index (χ0) is 23.2. The molecule has 0 radical (unpaired) electrons. The number of carbonyl (C=O) groups is 2. The first-order valence-electron chi connectivity index (χ1n) is 11.3. The lowest BCUT2D eigenvalue weighted by Crippen LogP contribution is -2.21. The van der Waals surface area contributed by atoms with Gasteiger partial charge in [0.2, 0.25) is 0 Å². The van der Waals surface area contributed by atoms with Crippen molar-refractivity contribution in [3.8, 4) is 11.1 Å². The summed E-state index contributed by atoms with van der Waals surface area (Å²) in [7, 11) is 0. The second-order valence-corrected chi connectivity index (χ2v) is 8.99. The first-order chi connectivity index (χ1) is 16.7. The maximum atomic E-state index is 13.5. The van der Waals surface area contributed by atoms with Crippen molar-refractivity contribution in [3.05, 3.63) is 113 Å². The molecule has 0 amide bonds. The molecule has 2 aliphatic carbocycles. The van der Waals surface area contributed by atoms with Crippen LogP contribution in [0.15, 0.2) is 91.0 Å². The van der Waals surface area contributed by atoms with Crippen molar-refractivity contribution >= 4 is 39.7 Å². The molecule has 166 valence electrons. The molecule has 0 aliphatic heterocycles. The summed E-state index contributed by atoms with van der Waals surface area (Å²) in [6, 6.07) is 28.2. The van der Waals surface area contributed by atoms with Gasteiger partial charge in [0.15, 0.2) is 5.78 Å². The minimum atomic E-state index is -0.660. The van der Waals surface area contributed by atoms with Crippen LogP contribution in [0.3, 0.4) is 0 Å². The fraction of sp³-hybridized carbons (Fsp3) is 0.133. The summed E-state index contributed by atoms with van der Waals surface area (Å²) in [5, 5.41) is 1.90. The van der Waals surface area contributed by atoms with Crippen molar-refractivity contribution in [3.63, 3.8) is 0 Å². The number of alkyl halides is 1. The molecule has 6 rings (SSSR count). The third kappa shape index (κ3) is 3.19. The predicted molar refractivity (Wildman–Crippen MR) is 135 cm³/mol. The van der Waals surface area contributed by atoms with Crippen LogP contribution in [0.2, 0.25) is 0 Å². The van der Waals surface area contributed by atoms with Crippen LogP contribution in [0.4, 0.5) is 0 Å². The molecule has 1 unspecified atom stereocenters. The van der Waals surface area contributed by atoms with E-state index in [1.54, 1.807) is 6.08 Å². The molecule has 4 aromatic carbocycles. The van der Waals surface area contributed by atoms with Gasteiger partial charge in [0.1, 0.15) is 12.5 Å². The average molecular weight is 465 g/mol. The maximum Gasteiger partial charge on any atom is 0.317 e. The number of halogens is 1. The molecule has 1 atom stereocenters. The zero-order valence-electron chi connectivity index (χ0n) is 18.3. The number of benzene rings is 4. The Morgan fingerprint density at radius 2 is 1.32 bits per heavy atom.